The average Bonchev–Trinajstić information content (AvgIpc) is 3.14. The quantitative estimate of drug-likeness (QED) is 0.0285. The second-order valence-electron chi connectivity index (χ2n) is 16.7. The van der Waals surface area contributed by atoms with Gasteiger partial charge in [0.2, 0.25) is 0 Å². The summed E-state index contributed by atoms with van der Waals surface area (Å²) in [6.07, 6.45) is 42.2. The number of rotatable bonds is 41. The molecule has 0 saturated carbocycles. The highest BCUT2D eigenvalue weighted by molar-refractivity contribution is 5.72. The summed E-state index contributed by atoms with van der Waals surface area (Å²) in [4.78, 5) is 37.0. The minimum atomic E-state index is -0.876. The maximum absolute atomic E-state index is 12.7. The fourth-order valence-electron chi connectivity index (χ4n) is 6.73. The molecule has 0 bridgehead atoms. The number of allylic oxidation sites excluding steroid dienone is 4. The van der Waals surface area contributed by atoms with Crippen molar-refractivity contribution >= 4 is 17.9 Å². The Balaban J connectivity index is 4.27. The van der Waals surface area contributed by atoms with E-state index in [2.05, 4.69) is 38.2 Å². The summed E-state index contributed by atoms with van der Waals surface area (Å²) in [5, 5.41) is 9.61. The zero-order valence-corrected chi connectivity index (χ0v) is 36.6. The van der Waals surface area contributed by atoms with Crippen molar-refractivity contribution < 1.29 is 38.2 Å². The number of unbranched alkanes of at least 4 members (excludes halogenated alkanes) is 23. The summed E-state index contributed by atoms with van der Waals surface area (Å²) in [6.45, 7) is 4.71. The lowest BCUT2D eigenvalue weighted by Crippen LogP contribution is -2.50. The second kappa shape index (κ2) is 38.7. The number of ether oxygens (including phenoxy) is 3. The molecule has 1 N–H and O–H groups in total. The molecule has 322 valence electrons. The van der Waals surface area contributed by atoms with Gasteiger partial charge in [0.15, 0.2) is 12.1 Å². The molecule has 0 aliphatic rings. The van der Waals surface area contributed by atoms with E-state index in [1.807, 2.05) is 21.1 Å². The van der Waals surface area contributed by atoms with Crippen LogP contribution in [0.2, 0.25) is 0 Å². The summed E-state index contributed by atoms with van der Waals surface area (Å²) in [6, 6.07) is -0.614. The van der Waals surface area contributed by atoms with E-state index in [0.717, 1.165) is 51.4 Å². The van der Waals surface area contributed by atoms with Crippen molar-refractivity contribution in [2.75, 3.05) is 41.0 Å². The third-order valence-electron chi connectivity index (χ3n) is 10.3. The molecule has 0 saturated heterocycles. The van der Waals surface area contributed by atoms with Crippen LogP contribution < -0.4 is 0 Å². The van der Waals surface area contributed by atoms with Crippen LogP contribution in [0.4, 0.5) is 0 Å². The van der Waals surface area contributed by atoms with Crippen molar-refractivity contribution in [2.24, 2.45) is 0 Å². The van der Waals surface area contributed by atoms with Gasteiger partial charge in [-0.05, 0) is 64.2 Å². The molecule has 0 aromatic rings. The summed E-state index contributed by atoms with van der Waals surface area (Å²) >= 11 is 0. The highest BCUT2D eigenvalue weighted by Gasteiger charge is 2.31. The van der Waals surface area contributed by atoms with Crippen LogP contribution in [-0.2, 0) is 28.6 Å². The van der Waals surface area contributed by atoms with Crippen molar-refractivity contribution in [1.82, 2.24) is 0 Å². The molecular formula is C47H88NO7+. The van der Waals surface area contributed by atoms with Gasteiger partial charge in [-0.2, -0.15) is 0 Å². The predicted molar refractivity (Wildman–Crippen MR) is 229 cm³/mol. The smallest absolute Gasteiger partial charge is 0.362 e. The van der Waals surface area contributed by atoms with Crippen molar-refractivity contribution in [3.63, 3.8) is 0 Å². The van der Waals surface area contributed by atoms with Gasteiger partial charge in [0, 0.05) is 19.3 Å². The molecule has 0 fully saturated rings. The number of carbonyl (C=O) groups excluding carboxylic acids is 2. The Morgan fingerprint density at radius 2 is 0.909 bits per heavy atom. The third-order valence-corrected chi connectivity index (χ3v) is 10.3. The van der Waals surface area contributed by atoms with E-state index in [9.17, 15) is 19.5 Å². The van der Waals surface area contributed by atoms with Crippen LogP contribution in [0.5, 0.6) is 0 Å². The van der Waals surface area contributed by atoms with Crippen LogP contribution in [0, 0.1) is 0 Å². The Morgan fingerprint density at radius 1 is 0.527 bits per heavy atom. The topological polar surface area (TPSA) is 99.1 Å². The molecule has 0 rings (SSSR count). The number of carbonyl (C=O) groups is 3. The van der Waals surface area contributed by atoms with Gasteiger partial charge in [-0.3, -0.25) is 9.59 Å². The van der Waals surface area contributed by atoms with Crippen molar-refractivity contribution in [2.45, 2.75) is 219 Å². The highest BCUT2D eigenvalue weighted by atomic mass is 16.6. The molecule has 2 unspecified atom stereocenters. The Labute approximate surface area is 339 Å². The van der Waals surface area contributed by atoms with Gasteiger partial charge >= 0.3 is 17.9 Å². The van der Waals surface area contributed by atoms with Crippen LogP contribution in [0.25, 0.3) is 0 Å². The maximum atomic E-state index is 12.7. The minimum Gasteiger partial charge on any atom is -0.477 e. The first-order valence-corrected chi connectivity index (χ1v) is 22.9. The minimum absolute atomic E-state index is 0.0538. The lowest BCUT2D eigenvalue weighted by Gasteiger charge is -2.31. The van der Waals surface area contributed by atoms with E-state index in [1.165, 1.54) is 122 Å². The van der Waals surface area contributed by atoms with E-state index in [0.29, 0.717) is 19.3 Å². The zero-order chi connectivity index (χ0) is 40.7. The number of aliphatic carboxylic acids is 1. The largest absolute Gasteiger partial charge is 0.477 e. The van der Waals surface area contributed by atoms with Gasteiger partial charge in [0.05, 0.1) is 34.4 Å². The third kappa shape index (κ3) is 37.2. The van der Waals surface area contributed by atoms with Crippen molar-refractivity contribution in [3.8, 4) is 0 Å². The molecule has 0 heterocycles. The standard InChI is InChI=1S/C47H87NO7/c1-6-8-10-12-14-16-18-20-21-22-23-24-25-26-28-29-31-33-35-37-45(49)54-42-43(41-53-40-39-44(47(51)52)48(3,4)5)55-46(50)38-36-34-32-30-27-19-17-15-13-11-9-7-2/h15,17,22-23,43-44H,6-14,16,18-21,24-42H2,1-5H3/p+1/b17-15+,23-22+. The van der Waals surface area contributed by atoms with Gasteiger partial charge in [-0.25, -0.2) is 4.79 Å². The van der Waals surface area contributed by atoms with E-state index in [-0.39, 0.29) is 36.2 Å². The lowest BCUT2D eigenvalue weighted by molar-refractivity contribution is -0.887. The fourth-order valence-corrected chi connectivity index (χ4v) is 6.73. The van der Waals surface area contributed by atoms with E-state index < -0.39 is 18.1 Å². The van der Waals surface area contributed by atoms with E-state index >= 15 is 0 Å². The van der Waals surface area contributed by atoms with Gasteiger partial charge in [-0.15, -0.1) is 0 Å². The molecule has 0 aliphatic carbocycles. The summed E-state index contributed by atoms with van der Waals surface area (Å²) < 4.78 is 17.3. The SMILES string of the molecule is CCCCC/C=C/CCCCCCCC(=O)OC(COCCC(C(=O)O)[N+](C)(C)C)COC(=O)CCCCCCCCC/C=C/CCCCCCCCCC. The molecular weight excluding hydrogens is 691 g/mol. The fraction of sp³-hybridized carbons (Fsp3) is 0.851. The normalized spacial score (nSPS) is 13.1. The number of carboxylic acids is 1. The first kappa shape index (κ1) is 52.8. The van der Waals surface area contributed by atoms with Crippen LogP contribution in [-0.4, -0.2) is 80.6 Å². The molecule has 0 aromatic carbocycles. The van der Waals surface area contributed by atoms with E-state index in [1.54, 1.807) is 0 Å². The number of likely N-dealkylation sites (N-methyl/N-ethyl adjacent to an activating group) is 1. The van der Waals surface area contributed by atoms with Crippen LogP contribution >= 0.6 is 0 Å². The summed E-state index contributed by atoms with van der Waals surface area (Å²) in [7, 11) is 5.52. The van der Waals surface area contributed by atoms with E-state index in [4.69, 9.17) is 14.2 Å². The summed E-state index contributed by atoms with van der Waals surface area (Å²) in [5.74, 6) is -1.48. The van der Waals surface area contributed by atoms with Gasteiger partial charge in [0.25, 0.3) is 0 Å². The van der Waals surface area contributed by atoms with Crippen LogP contribution in [0.3, 0.4) is 0 Å². The number of carboxylic acid groups (broad SMARTS) is 1. The van der Waals surface area contributed by atoms with Gasteiger partial charge < -0.3 is 23.8 Å². The summed E-state index contributed by atoms with van der Waals surface area (Å²) in [5.41, 5.74) is 0. The number of quaternary nitrogens is 1. The number of hydrogen-bond acceptors (Lipinski definition) is 6. The molecule has 8 nitrogen and oxygen atoms in total. The number of hydrogen-bond donors (Lipinski definition) is 1. The number of esters is 2. The molecule has 55 heavy (non-hydrogen) atoms. The maximum Gasteiger partial charge on any atom is 0.362 e. The van der Waals surface area contributed by atoms with Crippen molar-refractivity contribution in [1.29, 1.82) is 0 Å². The molecule has 0 spiro atoms. The van der Waals surface area contributed by atoms with Gasteiger partial charge in [0.1, 0.15) is 6.61 Å². The monoisotopic (exact) mass is 779 g/mol. The molecule has 0 radical (unpaired) electrons. The molecule has 2 atom stereocenters. The molecule has 0 amide bonds. The van der Waals surface area contributed by atoms with Crippen LogP contribution in [0.1, 0.15) is 206 Å². The average molecular weight is 779 g/mol. The first-order chi connectivity index (χ1) is 26.6. The molecule has 0 aromatic heterocycles. The molecule has 0 aliphatic heterocycles. The Morgan fingerprint density at radius 3 is 1.35 bits per heavy atom. The predicted octanol–water partition coefficient (Wildman–Crippen LogP) is 12.5. The zero-order valence-electron chi connectivity index (χ0n) is 36.6. The Bertz CT molecular complexity index is 957. The Kier molecular flexibility index (Phi) is 37.1. The lowest BCUT2D eigenvalue weighted by atomic mass is 10.1. The molecule has 8 heteroatoms. The van der Waals surface area contributed by atoms with Gasteiger partial charge in [-0.1, -0.05) is 147 Å². The van der Waals surface area contributed by atoms with Crippen LogP contribution in [0.15, 0.2) is 24.3 Å². The second-order valence-corrected chi connectivity index (χ2v) is 16.7. The number of nitrogens with zero attached hydrogens (tertiary/aromatic N) is 1. The first-order valence-electron chi connectivity index (χ1n) is 22.9. The van der Waals surface area contributed by atoms with Crippen molar-refractivity contribution in [3.05, 3.63) is 24.3 Å². The highest BCUT2D eigenvalue weighted by Crippen LogP contribution is 2.14. The Hall–Kier alpha value is -2.19.